The van der Waals surface area contributed by atoms with Gasteiger partial charge in [0.15, 0.2) is 0 Å². The third kappa shape index (κ3) is 3.36. The number of halogens is 1. The van der Waals surface area contributed by atoms with Crippen molar-refractivity contribution >= 4 is 5.84 Å². The Morgan fingerprint density at radius 1 is 1.10 bits per heavy atom. The molecule has 1 fully saturated rings. The topological polar surface area (TPSA) is 59.3 Å². The fourth-order valence-corrected chi connectivity index (χ4v) is 4.44. The lowest BCUT2D eigenvalue weighted by molar-refractivity contribution is 0.432. The molecule has 0 radical (unpaired) electrons. The lowest BCUT2D eigenvalue weighted by Crippen LogP contribution is -2.48. The molecule has 3 aromatic rings. The zero-order valence-corrected chi connectivity index (χ0v) is 17.7. The minimum atomic E-state index is -0.675. The van der Waals surface area contributed by atoms with Crippen molar-refractivity contribution in [2.24, 2.45) is 4.99 Å². The number of aliphatic imine (C=N–C) groups is 1. The SMILES string of the molecule is CCn1cc(C2=N[C@@H](C)C(c3ccc(F)cc3)(c3ccc(C4CC4)nc3)N2)ccc1=O. The number of hydrogen-bond acceptors (Lipinski definition) is 4. The molecule has 5 rings (SSSR count). The molecular weight excluding hydrogens is 391 g/mol. The minimum Gasteiger partial charge on any atom is -0.354 e. The summed E-state index contributed by atoms with van der Waals surface area (Å²) in [5.41, 5.74) is 3.16. The van der Waals surface area contributed by atoms with Crippen LogP contribution in [0.1, 0.15) is 55.0 Å². The van der Waals surface area contributed by atoms with Crippen molar-refractivity contribution in [1.29, 1.82) is 0 Å². The highest BCUT2D eigenvalue weighted by atomic mass is 19.1. The molecule has 1 N–H and O–H groups in total. The molecule has 1 saturated carbocycles. The summed E-state index contributed by atoms with van der Waals surface area (Å²) in [5.74, 6) is 1.01. The van der Waals surface area contributed by atoms with Crippen molar-refractivity contribution in [1.82, 2.24) is 14.9 Å². The third-order valence-corrected chi connectivity index (χ3v) is 6.40. The second-order valence-corrected chi connectivity index (χ2v) is 8.38. The smallest absolute Gasteiger partial charge is 0.250 e. The summed E-state index contributed by atoms with van der Waals surface area (Å²) in [4.78, 5) is 21.7. The van der Waals surface area contributed by atoms with Crippen LogP contribution in [-0.2, 0) is 12.1 Å². The fourth-order valence-electron chi connectivity index (χ4n) is 4.44. The average molecular weight is 417 g/mol. The zero-order chi connectivity index (χ0) is 21.6. The first-order valence-corrected chi connectivity index (χ1v) is 10.8. The number of pyridine rings is 2. The number of aromatic nitrogens is 2. The van der Waals surface area contributed by atoms with E-state index in [0.29, 0.717) is 18.3 Å². The number of hydrogen-bond donors (Lipinski definition) is 1. The van der Waals surface area contributed by atoms with Gasteiger partial charge in [0, 0.05) is 47.7 Å². The Hall–Kier alpha value is -3.28. The quantitative estimate of drug-likeness (QED) is 0.685. The monoisotopic (exact) mass is 416 g/mol. The summed E-state index contributed by atoms with van der Waals surface area (Å²) < 4.78 is 15.4. The van der Waals surface area contributed by atoms with Gasteiger partial charge in [-0.05, 0) is 56.5 Å². The van der Waals surface area contributed by atoms with Gasteiger partial charge in [0.2, 0.25) is 0 Å². The Morgan fingerprint density at radius 3 is 2.48 bits per heavy atom. The Morgan fingerprint density at radius 2 is 1.84 bits per heavy atom. The molecule has 5 nitrogen and oxygen atoms in total. The van der Waals surface area contributed by atoms with E-state index in [-0.39, 0.29) is 17.4 Å². The molecule has 2 aromatic heterocycles. The lowest BCUT2D eigenvalue weighted by Gasteiger charge is -2.35. The van der Waals surface area contributed by atoms with Crippen LogP contribution in [0.15, 0.2) is 70.7 Å². The fraction of sp³-hybridized carbons (Fsp3) is 0.320. The molecule has 2 atom stereocenters. The average Bonchev–Trinajstić information content (AvgIpc) is 3.58. The summed E-state index contributed by atoms with van der Waals surface area (Å²) >= 11 is 0. The molecule has 6 heteroatoms. The summed E-state index contributed by atoms with van der Waals surface area (Å²) in [7, 11) is 0. The van der Waals surface area contributed by atoms with Crippen molar-refractivity contribution in [2.75, 3.05) is 0 Å². The van der Waals surface area contributed by atoms with Gasteiger partial charge in [-0.25, -0.2) is 4.39 Å². The Bertz CT molecular complexity index is 1200. The van der Waals surface area contributed by atoms with Gasteiger partial charge in [-0.3, -0.25) is 14.8 Å². The Labute approximate surface area is 180 Å². The van der Waals surface area contributed by atoms with Crippen molar-refractivity contribution in [3.05, 3.63) is 99.5 Å². The molecule has 0 amide bonds. The molecule has 3 heterocycles. The van der Waals surface area contributed by atoms with Crippen LogP contribution in [0, 0.1) is 5.82 Å². The van der Waals surface area contributed by atoms with Gasteiger partial charge in [0.1, 0.15) is 17.2 Å². The molecule has 0 saturated heterocycles. The van der Waals surface area contributed by atoms with Crippen molar-refractivity contribution in [3.63, 3.8) is 0 Å². The van der Waals surface area contributed by atoms with Crippen LogP contribution in [-0.4, -0.2) is 21.4 Å². The number of benzene rings is 1. The zero-order valence-electron chi connectivity index (χ0n) is 17.7. The van der Waals surface area contributed by atoms with Gasteiger partial charge < -0.3 is 9.88 Å². The molecule has 1 aromatic carbocycles. The number of aryl methyl sites for hydroxylation is 1. The first-order valence-electron chi connectivity index (χ1n) is 10.8. The van der Waals surface area contributed by atoms with Gasteiger partial charge in [-0.1, -0.05) is 18.2 Å². The van der Waals surface area contributed by atoms with E-state index < -0.39 is 5.54 Å². The van der Waals surface area contributed by atoms with Crippen molar-refractivity contribution in [3.8, 4) is 0 Å². The van der Waals surface area contributed by atoms with E-state index in [4.69, 9.17) is 9.98 Å². The van der Waals surface area contributed by atoms with Crippen LogP contribution < -0.4 is 10.9 Å². The summed E-state index contributed by atoms with van der Waals surface area (Å²) in [6, 6.07) is 14.0. The van der Waals surface area contributed by atoms with E-state index in [1.54, 1.807) is 28.8 Å². The standard InChI is InChI=1S/C25H25FN4O/c1-3-30-15-18(6-13-23(30)31)24-28-16(2)25(29-24,19-7-10-21(26)11-8-19)20-9-12-22(27-14-20)17-4-5-17/h6-17H,3-5H2,1-2H3,(H,28,29)/t16-,25?/m0/s1. The molecular formula is C25H25FN4O. The molecule has 1 aliphatic carbocycles. The maximum atomic E-state index is 13.7. The third-order valence-electron chi connectivity index (χ3n) is 6.40. The predicted molar refractivity (Wildman–Crippen MR) is 119 cm³/mol. The number of rotatable bonds is 5. The summed E-state index contributed by atoms with van der Waals surface area (Å²) in [6.07, 6.45) is 6.15. The van der Waals surface area contributed by atoms with E-state index in [0.717, 1.165) is 22.4 Å². The molecule has 2 aliphatic rings. The van der Waals surface area contributed by atoms with E-state index >= 15 is 0 Å². The first kappa shape index (κ1) is 19.7. The van der Waals surface area contributed by atoms with E-state index in [2.05, 4.69) is 17.4 Å². The maximum Gasteiger partial charge on any atom is 0.250 e. The molecule has 158 valence electrons. The minimum absolute atomic E-state index is 0.0393. The van der Waals surface area contributed by atoms with Gasteiger partial charge >= 0.3 is 0 Å². The Kier molecular flexibility index (Phi) is 4.73. The normalized spacial score (nSPS) is 22.8. The van der Waals surface area contributed by atoms with Crippen LogP contribution in [0.25, 0.3) is 0 Å². The van der Waals surface area contributed by atoms with Crippen molar-refractivity contribution < 1.29 is 4.39 Å². The van der Waals surface area contributed by atoms with E-state index in [1.165, 1.54) is 25.0 Å². The van der Waals surface area contributed by atoms with Crippen LogP contribution >= 0.6 is 0 Å². The van der Waals surface area contributed by atoms with Crippen LogP contribution in [0.5, 0.6) is 0 Å². The second kappa shape index (κ2) is 7.45. The summed E-state index contributed by atoms with van der Waals surface area (Å²) in [5, 5.41) is 3.63. The molecule has 0 spiro atoms. The highest BCUT2D eigenvalue weighted by Crippen LogP contribution is 2.41. The van der Waals surface area contributed by atoms with E-state index in [1.807, 2.05) is 26.2 Å². The molecule has 0 bridgehead atoms. The summed E-state index contributed by atoms with van der Waals surface area (Å²) in [6.45, 7) is 4.58. The van der Waals surface area contributed by atoms with Crippen LogP contribution in [0.2, 0.25) is 0 Å². The van der Waals surface area contributed by atoms with Gasteiger partial charge in [0.25, 0.3) is 5.56 Å². The first-order chi connectivity index (χ1) is 15.0. The highest BCUT2D eigenvalue weighted by Gasteiger charge is 2.45. The highest BCUT2D eigenvalue weighted by molar-refractivity contribution is 6.01. The van der Waals surface area contributed by atoms with Crippen molar-refractivity contribution in [2.45, 2.75) is 50.7 Å². The van der Waals surface area contributed by atoms with Crippen LogP contribution in [0.3, 0.4) is 0 Å². The number of nitrogens with zero attached hydrogens (tertiary/aromatic N) is 3. The van der Waals surface area contributed by atoms with Gasteiger partial charge in [-0.15, -0.1) is 0 Å². The van der Waals surface area contributed by atoms with E-state index in [9.17, 15) is 9.18 Å². The predicted octanol–water partition coefficient (Wildman–Crippen LogP) is 3.96. The Balaban J connectivity index is 1.60. The molecule has 1 unspecified atom stereocenters. The lowest BCUT2D eigenvalue weighted by atomic mass is 9.79. The van der Waals surface area contributed by atoms with Crippen LogP contribution in [0.4, 0.5) is 4.39 Å². The van der Waals surface area contributed by atoms with Gasteiger partial charge in [-0.2, -0.15) is 0 Å². The number of amidine groups is 1. The van der Waals surface area contributed by atoms with Gasteiger partial charge in [0.05, 0.1) is 6.04 Å². The molecule has 1 aliphatic heterocycles. The molecule has 31 heavy (non-hydrogen) atoms. The maximum absolute atomic E-state index is 13.7. The second-order valence-electron chi connectivity index (χ2n) is 8.38. The largest absolute Gasteiger partial charge is 0.354 e. The number of nitrogens with one attached hydrogen (secondary N) is 1.